The summed E-state index contributed by atoms with van der Waals surface area (Å²) in [6.45, 7) is 1.16. The lowest BCUT2D eigenvalue weighted by atomic mass is 10.0. The van der Waals surface area contributed by atoms with E-state index in [-0.39, 0.29) is 5.91 Å². The number of rotatable bonds is 4. The zero-order valence-corrected chi connectivity index (χ0v) is 11.0. The highest BCUT2D eigenvalue weighted by Crippen LogP contribution is 2.26. The van der Waals surface area contributed by atoms with Crippen molar-refractivity contribution in [1.82, 2.24) is 9.78 Å². The third kappa shape index (κ3) is 2.74. The fraction of sp³-hybridized carbons (Fsp3) is 0.286. The van der Waals surface area contributed by atoms with Gasteiger partial charge in [-0.15, -0.1) is 0 Å². The number of aryl methyl sites for hydroxylation is 1. The quantitative estimate of drug-likeness (QED) is 0.882. The molecule has 6 heteroatoms. The Hall–Kier alpha value is -2.50. The van der Waals surface area contributed by atoms with Gasteiger partial charge in [-0.1, -0.05) is 0 Å². The van der Waals surface area contributed by atoms with Crippen LogP contribution in [0.1, 0.15) is 12.0 Å². The number of nitrogens with one attached hydrogen (secondary N) is 1. The van der Waals surface area contributed by atoms with Crippen LogP contribution < -0.4 is 15.8 Å². The Bertz CT molecular complexity index is 636. The molecule has 0 bridgehead atoms. The van der Waals surface area contributed by atoms with E-state index in [1.165, 1.54) is 0 Å². The van der Waals surface area contributed by atoms with E-state index in [0.29, 0.717) is 25.3 Å². The molecule has 0 saturated carbocycles. The van der Waals surface area contributed by atoms with E-state index in [2.05, 4.69) is 10.4 Å². The summed E-state index contributed by atoms with van der Waals surface area (Å²) in [6, 6.07) is 5.72. The van der Waals surface area contributed by atoms with Crippen molar-refractivity contribution in [2.45, 2.75) is 19.4 Å². The molecule has 0 aliphatic carbocycles. The molecule has 0 radical (unpaired) electrons. The highest BCUT2D eigenvalue weighted by molar-refractivity contribution is 5.93. The Kier molecular flexibility index (Phi) is 3.28. The molecular formula is C14H16N4O2. The molecule has 0 atom stereocenters. The second kappa shape index (κ2) is 5.24. The first-order valence-corrected chi connectivity index (χ1v) is 6.54. The van der Waals surface area contributed by atoms with Crippen LogP contribution in [0.5, 0.6) is 5.75 Å². The van der Waals surface area contributed by atoms with Gasteiger partial charge >= 0.3 is 0 Å². The molecule has 104 valence electrons. The maximum atomic E-state index is 11.3. The molecule has 1 aromatic carbocycles. The zero-order chi connectivity index (χ0) is 13.9. The molecular weight excluding hydrogens is 256 g/mol. The molecule has 3 N–H and O–H groups in total. The maximum absolute atomic E-state index is 11.3. The number of hydrogen-bond donors (Lipinski definition) is 2. The number of hydrogen-bond acceptors (Lipinski definition) is 4. The molecule has 2 heterocycles. The van der Waals surface area contributed by atoms with Crippen LogP contribution in [0, 0.1) is 0 Å². The third-order valence-corrected chi connectivity index (χ3v) is 3.21. The monoisotopic (exact) mass is 272 g/mol. The largest absolute Gasteiger partial charge is 0.492 e. The zero-order valence-electron chi connectivity index (χ0n) is 11.0. The third-order valence-electron chi connectivity index (χ3n) is 3.21. The van der Waals surface area contributed by atoms with Crippen molar-refractivity contribution in [2.75, 3.05) is 17.7 Å². The highest BCUT2D eigenvalue weighted by atomic mass is 16.5. The molecule has 6 nitrogen and oxygen atoms in total. The van der Waals surface area contributed by atoms with Crippen LogP contribution in [-0.4, -0.2) is 22.3 Å². The van der Waals surface area contributed by atoms with Crippen LogP contribution in [0.4, 0.5) is 11.4 Å². The van der Waals surface area contributed by atoms with Crippen molar-refractivity contribution in [1.29, 1.82) is 0 Å². The molecule has 0 fully saturated rings. The molecule has 2 aromatic rings. The smallest absolute Gasteiger partial charge is 0.224 e. The first kappa shape index (κ1) is 12.5. The van der Waals surface area contributed by atoms with Gasteiger partial charge in [0.2, 0.25) is 5.91 Å². The fourth-order valence-corrected chi connectivity index (χ4v) is 2.21. The first-order valence-electron chi connectivity index (χ1n) is 6.54. The number of carbonyl (C=O) groups excluding carboxylic acids is 1. The van der Waals surface area contributed by atoms with Gasteiger partial charge < -0.3 is 15.8 Å². The number of nitrogens with zero attached hydrogens (tertiary/aromatic N) is 2. The SMILES string of the molecule is Nc1cnn(CCOc2ccc3c(c2)CCC(=O)N3)c1. The number of nitrogens with two attached hydrogens (primary N) is 1. The molecule has 0 spiro atoms. The summed E-state index contributed by atoms with van der Waals surface area (Å²) in [5.41, 5.74) is 8.24. The first-order chi connectivity index (χ1) is 9.70. The van der Waals surface area contributed by atoms with Crippen LogP contribution in [-0.2, 0) is 17.8 Å². The number of benzene rings is 1. The second-order valence-corrected chi connectivity index (χ2v) is 4.75. The molecule has 1 aliphatic heterocycles. The molecule has 20 heavy (non-hydrogen) atoms. The summed E-state index contributed by atoms with van der Waals surface area (Å²) in [5, 5.41) is 6.94. The van der Waals surface area contributed by atoms with Crippen LogP contribution in [0.25, 0.3) is 0 Å². The molecule has 3 rings (SSSR count). The Morgan fingerprint density at radius 3 is 3.10 bits per heavy atom. The van der Waals surface area contributed by atoms with E-state index < -0.39 is 0 Å². The lowest BCUT2D eigenvalue weighted by Gasteiger charge is -2.17. The van der Waals surface area contributed by atoms with Gasteiger partial charge in [0, 0.05) is 18.3 Å². The number of fused-ring (bicyclic) bond motifs is 1. The molecule has 1 aliphatic rings. The number of ether oxygens (including phenoxy) is 1. The summed E-state index contributed by atoms with van der Waals surface area (Å²) in [5.74, 6) is 0.877. The van der Waals surface area contributed by atoms with E-state index >= 15 is 0 Å². The number of carbonyl (C=O) groups is 1. The van der Waals surface area contributed by atoms with Gasteiger partial charge in [0.1, 0.15) is 12.4 Å². The van der Waals surface area contributed by atoms with Gasteiger partial charge in [-0.05, 0) is 30.2 Å². The van der Waals surface area contributed by atoms with Crippen molar-refractivity contribution < 1.29 is 9.53 Å². The molecule has 0 unspecified atom stereocenters. The topological polar surface area (TPSA) is 82.2 Å². The van der Waals surface area contributed by atoms with Crippen molar-refractivity contribution in [3.63, 3.8) is 0 Å². The normalized spacial score (nSPS) is 13.7. The fourth-order valence-electron chi connectivity index (χ4n) is 2.21. The van der Waals surface area contributed by atoms with E-state index in [9.17, 15) is 4.79 Å². The van der Waals surface area contributed by atoms with Gasteiger partial charge in [-0.3, -0.25) is 9.48 Å². The molecule has 1 amide bonds. The van der Waals surface area contributed by atoms with Gasteiger partial charge in [0.05, 0.1) is 18.4 Å². The van der Waals surface area contributed by atoms with Crippen LogP contribution in [0.15, 0.2) is 30.6 Å². The minimum Gasteiger partial charge on any atom is -0.492 e. The number of aromatic nitrogens is 2. The number of anilines is 2. The standard InChI is InChI=1S/C14H16N4O2/c15-11-8-16-18(9-11)5-6-20-12-2-3-13-10(7-12)1-4-14(19)17-13/h2-3,7-9H,1,4-6,15H2,(H,17,19). The molecule has 1 aromatic heterocycles. The van der Waals surface area contributed by atoms with E-state index in [0.717, 1.165) is 23.4 Å². The summed E-state index contributed by atoms with van der Waals surface area (Å²) in [7, 11) is 0. The maximum Gasteiger partial charge on any atom is 0.224 e. The van der Waals surface area contributed by atoms with E-state index in [1.807, 2.05) is 18.2 Å². The lowest BCUT2D eigenvalue weighted by molar-refractivity contribution is -0.116. The van der Waals surface area contributed by atoms with Crippen molar-refractivity contribution in [3.05, 3.63) is 36.2 Å². The average Bonchev–Trinajstić information content (AvgIpc) is 2.85. The van der Waals surface area contributed by atoms with Crippen molar-refractivity contribution in [3.8, 4) is 5.75 Å². The summed E-state index contributed by atoms with van der Waals surface area (Å²) >= 11 is 0. The van der Waals surface area contributed by atoms with Crippen LogP contribution in [0.2, 0.25) is 0 Å². The highest BCUT2D eigenvalue weighted by Gasteiger charge is 2.14. The number of amides is 1. The lowest BCUT2D eigenvalue weighted by Crippen LogP contribution is -2.18. The average molecular weight is 272 g/mol. The predicted molar refractivity (Wildman–Crippen MR) is 75.5 cm³/mol. The summed E-state index contributed by atoms with van der Waals surface area (Å²) in [6.07, 6.45) is 4.67. The van der Waals surface area contributed by atoms with Crippen molar-refractivity contribution in [2.24, 2.45) is 0 Å². The van der Waals surface area contributed by atoms with Gasteiger partial charge in [-0.25, -0.2) is 0 Å². The Labute approximate surface area is 116 Å². The minimum atomic E-state index is 0.0717. The Balaban J connectivity index is 1.59. The van der Waals surface area contributed by atoms with Gasteiger partial charge in [0.25, 0.3) is 0 Å². The summed E-state index contributed by atoms with van der Waals surface area (Å²) in [4.78, 5) is 11.3. The second-order valence-electron chi connectivity index (χ2n) is 4.75. The van der Waals surface area contributed by atoms with E-state index in [4.69, 9.17) is 10.5 Å². The summed E-state index contributed by atoms with van der Waals surface area (Å²) < 4.78 is 7.44. The predicted octanol–water partition coefficient (Wildman–Crippen LogP) is 1.43. The minimum absolute atomic E-state index is 0.0717. The number of nitrogen functional groups attached to an aromatic ring is 1. The van der Waals surface area contributed by atoms with Gasteiger partial charge in [-0.2, -0.15) is 5.10 Å². The van der Waals surface area contributed by atoms with Crippen molar-refractivity contribution >= 4 is 17.3 Å². The van der Waals surface area contributed by atoms with Crippen LogP contribution in [0.3, 0.4) is 0 Å². The Morgan fingerprint density at radius 1 is 1.40 bits per heavy atom. The Morgan fingerprint density at radius 2 is 2.30 bits per heavy atom. The van der Waals surface area contributed by atoms with E-state index in [1.54, 1.807) is 17.1 Å². The van der Waals surface area contributed by atoms with Crippen LogP contribution >= 0.6 is 0 Å². The molecule has 0 saturated heterocycles. The van der Waals surface area contributed by atoms with Gasteiger partial charge in [0.15, 0.2) is 0 Å².